The van der Waals surface area contributed by atoms with E-state index in [1.807, 2.05) is 36.4 Å². The molecular formula is C23H28BrN3O4. The van der Waals surface area contributed by atoms with Gasteiger partial charge in [-0.15, -0.1) is 0 Å². The van der Waals surface area contributed by atoms with Crippen LogP contribution in [0.3, 0.4) is 0 Å². The van der Waals surface area contributed by atoms with Gasteiger partial charge in [-0.2, -0.15) is 0 Å². The van der Waals surface area contributed by atoms with Crippen LogP contribution in [0.5, 0.6) is 0 Å². The lowest BCUT2D eigenvalue weighted by atomic mass is 10.1. The van der Waals surface area contributed by atoms with Crippen molar-refractivity contribution in [1.82, 2.24) is 10.6 Å². The lowest BCUT2D eigenvalue weighted by Gasteiger charge is -2.19. The molecule has 166 valence electrons. The Morgan fingerprint density at radius 1 is 0.968 bits per heavy atom. The fourth-order valence-electron chi connectivity index (χ4n) is 2.69. The summed E-state index contributed by atoms with van der Waals surface area (Å²) in [6, 6.07) is 15.0. The van der Waals surface area contributed by atoms with Crippen LogP contribution < -0.4 is 16.0 Å². The maximum atomic E-state index is 12.2. The zero-order chi connectivity index (χ0) is 22.9. The molecule has 0 heterocycles. The predicted octanol–water partition coefficient (Wildman–Crippen LogP) is 4.16. The van der Waals surface area contributed by atoms with Crippen LogP contribution in [0.15, 0.2) is 53.0 Å². The summed E-state index contributed by atoms with van der Waals surface area (Å²) in [6.07, 6.45) is 0.346. The van der Waals surface area contributed by atoms with Gasteiger partial charge in [0.1, 0.15) is 12.1 Å². The van der Waals surface area contributed by atoms with Crippen molar-refractivity contribution in [3.05, 3.63) is 64.1 Å². The molecule has 8 heteroatoms. The summed E-state index contributed by atoms with van der Waals surface area (Å²) in [4.78, 5) is 36.1. The summed E-state index contributed by atoms with van der Waals surface area (Å²) in [6.45, 7) is 5.30. The smallest absolute Gasteiger partial charge is 0.408 e. The zero-order valence-electron chi connectivity index (χ0n) is 18.0. The van der Waals surface area contributed by atoms with Crippen molar-refractivity contribution in [2.75, 3.05) is 11.9 Å². The van der Waals surface area contributed by atoms with Crippen LogP contribution in [-0.4, -0.2) is 30.1 Å². The molecule has 0 radical (unpaired) electrons. The van der Waals surface area contributed by atoms with E-state index in [0.717, 1.165) is 15.6 Å². The van der Waals surface area contributed by atoms with Crippen LogP contribution in [0.25, 0.3) is 0 Å². The first kappa shape index (κ1) is 24.4. The fraction of sp³-hybridized carbons (Fsp3) is 0.348. The van der Waals surface area contributed by atoms with E-state index in [0.29, 0.717) is 18.5 Å². The highest BCUT2D eigenvalue weighted by Crippen LogP contribution is 2.16. The van der Waals surface area contributed by atoms with Crippen molar-refractivity contribution < 1.29 is 19.1 Å². The van der Waals surface area contributed by atoms with Gasteiger partial charge >= 0.3 is 6.09 Å². The molecular weight excluding hydrogens is 462 g/mol. The number of para-hydroxylation sites is 1. The number of rotatable bonds is 8. The molecule has 0 unspecified atom stereocenters. The third-order valence-electron chi connectivity index (χ3n) is 4.09. The normalized spacial score (nSPS) is 10.8. The Balaban J connectivity index is 1.82. The molecule has 0 aliphatic carbocycles. The molecule has 0 saturated heterocycles. The highest BCUT2D eigenvalue weighted by atomic mass is 79.9. The first-order valence-corrected chi connectivity index (χ1v) is 10.8. The molecule has 7 nitrogen and oxygen atoms in total. The molecule has 2 rings (SSSR count). The average molecular weight is 490 g/mol. The lowest BCUT2D eigenvalue weighted by Crippen LogP contribution is -2.37. The van der Waals surface area contributed by atoms with E-state index < -0.39 is 11.7 Å². The Labute approximate surface area is 191 Å². The Hall–Kier alpha value is -2.87. The van der Waals surface area contributed by atoms with Gasteiger partial charge in [-0.05, 0) is 56.5 Å². The topological polar surface area (TPSA) is 96.5 Å². The number of carbonyl (C=O) groups excluding carboxylic acids is 3. The van der Waals surface area contributed by atoms with Gasteiger partial charge in [-0.3, -0.25) is 9.59 Å². The minimum atomic E-state index is -0.659. The molecule has 3 N–H and O–H groups in total. The number of benzene rings is 2. The Bertz CT molecular complexity index is 925. The SMILES string of the molecule is CC(C)(C)OC(=O)NCC(=O)Nc1ccccc1CNC(=O)CCc1cccc(Br)c1. The Morgan fingerprint density at radius 2 is 1.71 bits per heavy atom. The number of hydrogen-bond donors (Lipinski definition) is 3. The van der Waals surface area contributed by atoms with Gasteiger partial charge in [-0.1, -0.05) is 46.3 Å². The third-order valence-corrected chi connectivity index (χ3v) is 4.58. The van der Waals surface area contributed by atoms with E-state index >= 15 is 0 Å². The molecule has 0 aliphatic heterocycles. The predicted molar refractivity (Wildman–Crippen MR) is 124 cm³/mol. The molecule has 0 fully saturated rings. The number of aryl methyl sites for hydroxylation is 1. The molecule has 0 atom stereocenters. The molecule has 0 aromatic heterocycles. The highest BCUT2D eigenvalue weighted by Gasteiger charge is 2.17. The van der Waals surface area contributed by atoms with Gasteiger partial charge in [0.15, 0.2) is 0 Å². The van der Waals surface area contributed by atoms with E-state index in [-0.39, 0.29) is 24.9 Å². The van der Waals surface area contributed by atoms with Gasteiger partial charge in [0.2, 0.25) is 11.8 Å². The van der Waals surface area contributed by atoms with Crippen LogP contribution in [0.4, 0.5) is 10.5 Å². The average Bonchev–Trinajstić information content (AvgIpc) is 2.69. The number of amides is 3. The lowest BCUT2D eigenvalue weighted by molar-refractivity contribution is -0.121. The van der Waals surface area contributed by atoms with Gasteiger partial charge in [-0.25, -0.2) is 4.79 Å². The molecule has 0 bridgehead atoms. The number of ether oxygens (including phenoxy) is 1. The van der Waals surface area contributed by atoms with E-state index in [2.05, 4.69) is 31.9 Å². The number of halogens is 1. The minimum absolute atomic E-state index is 0.0762. The molecule has 2 aromatic carbocycles. The summed E-state index contributed by atoms with van der Waals surface area (Å²) in [5.74, 6) is -0.466. The van der Waals surface area contributed by atoms with E-state index in [1.54, 1.807) is 32.9 Å². The number of alkyl carbamates (subject to hydrolysis) is 1. The van der Waals surface area contributed by atoms with Crippen molar-refractivity contribution in [3.63, 3.8) is 0 Å². The second kappa shape index (κ2) is 11.5. The molecule has 3 amide bonds. The summed E-state index contributed by atoms with van der Waals surface area (Å²) < 4.78 is 6.09. The summed E-state index contributed by atoms with van der Waals surface area (Å²) in [7, 11) is 0. The monoisotopic (exact) mass is 489 g/mol. The highest BCUT2D eigenvalue weighted by molar-refractivity contribution is 9.10. The van der Waals surface area contributed by atoms with Crippen LogP contribution in [0.1, 0.15) is 38.3 Å². The molecule has 2 aromatic rings. The van der Waals surface area contributed by atoms with E-state index in [1.165, 1.54) is 0 Å². The third kappa shape index (κ3) is 9.65. The van der Waals surface area contributed by atoms with Crippen molar-refractivity contribution in [1.29, 1.82) is 0 Å². The maximum Gasteiger partial charge on any atom is 0.408 e. The Morgan fingerprint density at radius 3 is 2.42 bits per heavy atom. The molecule has 31 heavy (non-hydrogen) atoms. The Kier molecular flexibility index (Phi) is 9.05. The molecule has 0 saturated carbocycles. The van der Waals surface area contributed by atoms with E-state index in [9.17, 15) is 14.4 Å². The van der Waals surface area contributed by atoms with Crippen LogP contribution in [0.2, 0.25) is 0 Å². The van der Waals surface area contributed by atoms with Crippen molar-refractivity contribution in [2.45, 2.75) is 45.8 Å². The largest absolute Gasteiger partial charge is 0.444 e. The van der Waals surface area contributed by atoms with Gasteiger partial charge in [0.05, 0.1) is 0 Å². The number of carbonyl (C=O) groups is 3. The first-order chi connectivity index (χ1) is 14.6. The van der Waals surface area contributed by atoms with Gasteiger partial charge in [0, 0.05) is 23.1 Å². The maximum absolute atomic E-state index is 12.2. The van der Waals surface area contributed by atoms with Crippen molar-refractivity contribution in [3.8, 4) is 0 Å². The standard InChI is InChI=1S/C23H28BrN3O4/c1-23(2,3)31-22(30)26-15-21(29)27-19-10-5-4-8-17(19)14-25-20(28)12-11-16-7-6-9-18(24)13-16/h4-10,13H,11-12,14-15H2,1-3H3,(H,25,28)(H,26,30)(H,27,29). The quantitative estimate of drug-likeness (QED) is 0.518. The summed E-state index contributed by atoms with van der Waals surface area (Å²) in [5.41, 5.74) is 1.78. The van der Waals surface area contributed by atoms with Crippen LogP contribution in [-0.2, 0) is 27.3 Å². The van der Waals surface area contributed by atoms with Crippen molar-refractivity contribution in [2.24, 2.45) is 0 Å². The number of hydrogen-bond acceptors (Lipinski definition) is 4. The summed E-state index contributed by atoms with van der Waals surface area (Å²) >= 11 is 3.42. The van der Waals surface area contributed by atoms with Gasteiger partial charge in [0.25, 0.3) is 0 Å². The van der Waals surface area contributed by atoms with Gasteiger partial charge < -0.3 is 20.7 Å². The second-order valence-corrected chi connectivity index (χ2v) is 8.88. The van der Waals surface area contributed by atoms with Crippen molar-refractivity contribution >= 4 is 39.5 Å². The zero-order valence-corrected chi connectivity index (χ0v) is 19.5. The first-order valence-electron chi connectivity index (χ1n) is 9.98. The van der Waals surface area contributed by atoms with E-state index in [4.69, 9.17) is 4.74 Å². The minimum Gasteiger partial charge on any atom is -0.444 e. The number of anilines is 1. The number of nitrogens with one attached hydrogen (secondary N) is 3. The van der Waals surface area contributed by atoms with Crippen LogP contribution >= 0.6 is 15.9 Å². The second-order valence-electron chi connectivity index (χ2n) is 7.97. The molecule has 0 aliphatic rings. The molecule has 0 spiro atoms. The fourth-order valence-corrected chi connectivity index (χ4v) is 3.14. The summed E-state index contributed by atoms with van der Waals surface area (Å²) in [5, 5.41) is 8.05. The van der Waals surface area contributed by atoms with Crippen LogP contribution in [0, 0.1) is 0 Å².